The van der Waals surface area contributed by atoms with Gasteiger partial charge in [-0.1, -0.05) is 0 Å². The number of nitrogens with two attached hydrogens (primary N) is 1. The van der Waals surface area contributed by atoms with Crippen molar-refractivity contribution in [2.75, 3.05) is 0 Å². The fourth-order valence-electron chi connectivity index (χ4n) is 0.996. The topological polar surface area (TPSA) is 93.5 Å². The highest BCUT2D eigenvalue weighted by atomic mass is 15.3. The van der Waals surface area contributed by atoms with Crippen molar-refractivity contribution >= 4 is 5.84 Å². The molecule has 0 amide bonds. The van der Waals surface area contributed by atoms with Crippen LogP contribution in [-0.4, -0.2) is 25.6 Å². The fourth-order valence-corrected chi connectivity index (χ4v) is 0.996. The Labute approximate surface area is 79.9 Å². The van der Waals surface area contributed by atoms with E-state index >= 15 is 0 Å². The maximum absolute atomic E-state index is 7.22. The van der Waals surface area contributed by atoms with E-state index in [1.54, 1.807) is 30.7 Å². The Morgan fingerprint density at radius 1 is 1.43 bits per heavy atom. The van der Waals surface area contributed by atoms with Crippen molar-refractivity contribution in [2.24, 2.45) is 5.73 Å². The summed E-state index contributed by atoms with van der Waals surface area (Å²) in [6.07, 6.45) is 4.89. The van der Waals surface area contributed by atoms with Crippen molar-refractivity contribution in [1.82, 2.24) is 19.7 Å². The molecule has 0 atom stereocenters. The molecular formula is C8H8N6. The van der Waals surface area contributed by atoms with E-state index in [0.717, 1.165) is 0 Å². The second-order valence-corrected chi connectivity index (χ2v) is 2.61. The average molecular weight is 188 g/mol. The van der Waals surface area contributed by atoms with Gasteiger partial charge in [0.2, 0.25) is 0 Å². The summed E-state index contributed by atoms with van der Waals surface area (Å²) >= 11 is 0. The molecule has 0 aliphatic rings. The highest BCUT2D eigenvalue weighted by molar-refractivity contribution is 5.92. The third-order valence-electron chi connectivity index (χ3n) is 1.63. The number of aromatic nitrogens is 4. The van der Waals surface area contributed by atoms with Gasteiger partial charge in [-0.2, -0.15) is 5.10 Å². The molecule has 0 radical (unpaired) electrons. The Bertz CT molecular complexity index is 447. The quantitative estimate of drug-likeness (QED) is 0.510. The van der Waals surface area contributed by atoms with Crippen LogP contribution in [0.4, 0.5) is 0 Å². The van der Waals surface area contributed by atoms with Gasteiger partial charge in [0.05, 0.1) is 0 Å². The van der Waals surface area contributed by atoms with Gasteiger partial charge in [0.25, 0.3) is 5.95 Å². The molecule has 0 unspecified atom stereocenters. The van der Waals surface area contributed by atoms with E-state index in [1.807, 2.05) is 0 Å². The smallest absolute Gasteiger partial charge is 0.251 e. The molecule has 2 aromatic heterocycles. The standard InChI is InChI=1S/C8H8N6/c9-7(10)6-2-4-11-8(13-6)14-5-1-3-12-14/h1-5H,(H3,9,10). The van der Waals surface area contributed by atoms with Crippen molar-refractivity contribution < 1.29 is 0 Å². The van der Waals surface area contributed by atoms with E-state index in [2.05, 4.69) is 15.1 Å². The molecule has 0 saturated heterocycles. The van der Waals surface area contributed by atoms with Crippen molar-refractivity contribution in [3.63, 3.8) is 0 Å². The molecular weight excluding hydrogens is 180 g/mol. The van der Waals surface area contributed by atoms with Crippen LogP contribution in [0.5, 0.6) is 0 Å². The van der Waals surface area contributed by atoms with E-state index in [-0.39, 0.29) is 5.84 Å². The summed E-state index contributed by atoms with van der Waals surface area (Å²) in [6, 6.07) is 3.35. The lowest BCUT2D eigenvalue weighted by molar-refractivity contribution is 0.806. The molecule has 0 fully saturated rings. The summed E-state index contributed by atoms with van der Waals surface area (Å²) in [5, 5.41) is 11.2. The molecule has 2 rings (SSSR count). The number of nitrogen functional groups attached to an aromatic ring is 1. The Morgan fingerprint density at radius 2 is 2.29 bits per heavy atom. The highest BCUT2D eigenvalue weighted by Crippen LogP contribution is 1.99. The molecule has 14 heavy (non-hydrogen) atoms. The van der Waals surface area contributed by atoms with Gasteiger partial charge in [0.15, 0.2) is 0 Å². The Hall–Kier alpha value is -2.24. The molecule has 0 bridgehead atoms. The zero-order chi connectivity index (χ0) is 9.97. The monoisotopic (exact) mass is 188 g/mol. The summed E-state index contributed by atoms with van der Waals surface area (Å²) in [5.74, 6) is 0.323. The summed E-state index contributed by atoms with van der Waals surface area (Å²) in [7, 11) is 0. The summed E-state index contributed by atoms with van der Waals surface area (Å²) in [6.45, 7) is 0. The Morgan fingerprint density at radius 3 is 2.93 bits per heavy atom. The molecule has 6 nitrogen and oxygen atoms in total. The minimum Gasteiger partial charge on any atom is -0.382 e. The molecule has 2 aromatic rings. The predicted molar refractivity (Wildman–Crippen MR) is 50.2 cm³/mol. The van der Waals surface area contributed by atoms with E-state index in [9.17, 15) is 0 Å². The van der Waals surface area contributed by atoms with Crippen LogP contribution >= 0.6 is 0 Å². The number of amidine groups is 1. The first kappa shape index (κ1) is 8.36. The van der Waals surface area contributed by atoms with Gasteiger partial charge in [-0.05, 0) is 12.1 Å². The third-order valence-corrected chi connectivity index (χ3v) is 1.63. The van der Waals surface area contributed by atoms with Crippen molar-refractivity contribution in [2.45, 2.75) is 0 Å². The maximum atomic E-state index is 7.22. The lowest BCUT2D eigenvalue weighted by Gasteiger charge is -2.00. The first-order valence-electron chi connectivity index (χ1n) is 3.95. The van der Waals surface area contributed by atoms with Gasteiger partial charge in [-0.3, -0.25) is 5.41 Å². The molecule has 0 saturated carbocycles. The largest absolute Gasteiger partial charge is 0.382 e. The Balaban J connectivity index is 2.46. The second-order valence-electron chi connectivity index (χ2n) is 2.61. The first-order chi connectivity index (χ1) is 6.77. The number of rotatable bonds is 2. The second kappa shape index (κ2) is 3.25. The highest BCUT2D eigenvalue weighted by Gasteiger charge is 2.02. The van der Waals surface area contributed by atoms with Crippen LogP contribution in [0.25, 0.3) is 5.95 Å². The van der Waals surface area contributed by atoms with Crippen LogP contribution in [0, 0.1) is 5.41 Å². The van der Waals surface area contributed by atoms with Gasteiger partial charge in [-0.15, -0.1) is 0 Å². The summed E-state index contributed by atoms with van der Waals surface area (Å²) in [4.78, 5) is 8.06. The van der Waals surface area contributed by atoms with Crippen LogP contribution in [0.3, 0.4) is 0 Å². The van der Waals surface area contributed by atoms with Gasteiger partial charge in [0.1, 0.15) is 11.5 Å². The van der Waals surface area contributed by atoms with Gasteiger partial charge in [0, 0.05) is 18.6 Å². The van der Waals surface area contributed by atoms with Crippen LogP contribution in [-0.2, 0) is 0 Å². The van der Waals surface area contributed by atoms with Crippen LogP contribution in [0.1, 0.15) is 5.69 Å². The SMILES string of the molecule is N=C(N)c1ccnc(-n2cccn2)n1. The van der Waals surface area contributed by atoms with E-state index in [0.29, 0.717) is 11.6 Å². The van der Waals surface area contributed by atoms with Crippen LogP contribution < -0.4 is 5.73 Å². The van der Waals surface area contributed by atoms with Crippen molar-refractivity contribution in [1.29, 1.82) is 5.41 Å². The number of hydrogen-bond acceptors (Lipinski definition) is 4. The van der Waals surface area contributed by atoms with E-state index in [1.165, 1.54) is 4.68 Å². The first-order valence-corrected chi connectivity index (χ1v) is 3.95. The normalized spacial score (nSPS) is 10.0. The van der Waals surface area contributed by atoms with E-state index in [4.69, 9.17) is 11.1 Å². The van der Waals surface area contributed by atoms with Gasteiger partial charge < -0.3 is 5.73 Å². The molecule has 2 heterocycles. The molecule has 0 aliphatic heterocycles. The Kier molecular flexibility index (Phi) is 1.94. The number of hydrogen-bond donors (Lipinski definition) is 2. The van der Waals surface area contributed by atoms with Gasteiger partial charge in [-0.25, -0.2) is 14.6 Å². The molecule has 0 spiro atoms. The minimum atomic E-state index is -0.0826. The predicted octanol–water partition coefficient (Wildman–Crippen LogP) is -0.0536. The van der Waals surface area contributed by atoms with Crippen molar-refractivity contribution in [3.8, 4) is 5.95 Å². The zero-order valence-corrected chi connectivity index (χ0v) is 7.25. The summed E-state index contributed by atoms with van der Waals surface area (Å²) in [5.41, 5.74) is 5.69. The van der Waals surface area contributed by atoms with Gasteiger partial charge >= 0.3 is 0 Å². The number of nitrogens with zero attached hydrogens (tertiary/aromatic N) is 4. The van der Waals surface area contributed by atoms with Crippen LogP contribution in [0.2, 0.25) is 0 Å². The lowest BCUT2D eigenvalue weighted by atomic mass is 10.4. The fraction of sp³-hybridized carbons (Fsp3) is 0. The molecule has 0 aliphatic carbocycles. The minimum absolute atomic E-state index is 0.0826. The lowest BCUT2D eigenvalue weighted by Crippen LogP contribution is -2.15. The number of nitrogens with one attached hydrogen (secondary N) is 1. The maximum Gasteiger partial charge on any atom is 0.251 e. The molecule has 0 aromatic carbocycles. The third kappa shape index (κ3) is 1.45. The average Bonchev–Trinajstić information content (AvgIpc) is 2.71. The van der Waals surface area contributed by atoms with Crippen molar-refractivity contribution in [3.05, 3.63) is 36.4 Å². The zero-order valence-electron chi connectivity index (χ0n) is 7.25. The van der Waals surface area contributed by atoms with E-state index < -0.39 is 0 Å². The summed E-state index contributed by atoms with van der Waals surface area (Å²) < 4.78 is 1.51. The molecule has 70 valence electrons. The molecule has 3 N–H and O–H groups in total. The van der Waals surface area contributed by atoms with Crippen LogP contribution in [0.15, 0.2) is 30.7 Å². The molecule has 6 heteroatoms.